The highest BCUT2D eigenvalue weighted by Gasteiger charge is 2.18. The van der Waals surface area contributed by atoms with E-state index in [4.69, 9.17) is 0 Å². The lowest BCUT2D eigenvalue weighted by atomic mass is 10.1. The van der Waals surface area contributed by atoms with Crippen molar-refractivity contribution in [3.8, 4) is 0 Å². The molecule has 0 fully saturated rings. The minimum absolute atomic E-state index is 0.0756. The molecule has 0 bridgehead atoms. The number of amides is 1. The first kappa shape index (κ1) is 21.1. The van der Waals surface area contributed by atoms with Gasteiger partial charge in [-0.3, -0.25) is 18.6 Å². The summed E-state index contributed by atoms with van der Waals surface area (Å²) in [6.45, 7) is 8.66. The third-order valence-electron chi connectivity index (χ3n) is 4.86. The van der Waals surface area contributed by atoms with E-state index in [0.29, 0.717) is 22.9 Å². The number of fused-ring (bicyclic) bond motifs is 3. The summed E-state index contributed by atoms with van der Waals surface area (Å²) in [5.41, 5.74) is 3.64. The molecule has 4 rings (SSSR count). The van der Waals surface area contributed by atoms with Crippen LogP contribution in [0.5, 0.6) is 0 Å². The number of thioether (sulfide) groups is 1. The van der Waals surface area contributed by atoms with Crippen LogP contribution in [-0.2, 0) is 11.3 Å². The van der Waals surface area contributed by atoms with E-state index in [9.17, 15) is 9.59 Å². The highest BCUT2D eigenvalue weighted by Crippen LogP contribution is 2.22. The zero-order valence-corrected chi connectivity index (χ0v) is 18.9. The number of benzene rings is 2. The van der Waals surface area contributed by atoms with E-state index >= 15 is 0 Å². The second-order valence-corrected chi connectivity index (χ2v) is 9.10. The topological polar surface area (TPSA) is 81.3 Å². The van der Waals surface area contributed by atoms with E-state index in [1.807, 2.05) is 54.6 Å². The number of para-hydroxylation sites is 1. The van der Waals surface area contributed by atoms with Crippen LogP contribution in [0.4, 0.5) is 5.69 Å². The summed E-state index contributed by atoms with van der Waals surface area (Å²) in [6, 6.07) is 13.4. The van der Waals surface area contributed by atoms with Crippen LogP contribution in [-0.4, -0.2) is 30.8 Å². The van der Waals surface area contributed by atoms with Crippen molar-refractivity contribution >= 4 is 40.0 Å². The van der Waals surface area contributed by atoms with E-state index in [0.717, 1.165) is 22.3 Å². The van der Waals surface area contributed by atoms with Crippen LogP contribution < -0.4 is 10.9 Å². The molecule has 1 N–H and O–H groups in total. The number of anilines is 1. The molecule has 0 atom stereocenters. The molecule has 0 saturated heterocycles. The molecule has 2 aromatic carbocycles. The zero-order valence-electron chi connectivity index (χ0n) is 18.0. The molecule has 0 spiro atoms. The lowest BCUT2D eigenvalue weighted by molar-refractivity contribution is -0.113. The van der Waals surface area contributed by atoms with E-state index in [1.165, 1.54) is 11.8 Å². The number of aromatic nitrogens is 4. The van der Waals surface area contributed by atoms with Gasteiger partial charge in [-0.2, -0.15) is 0 Å². The Hall–Kier alpha value is -3.13. The second kappa shape index (κ2) is 8.55. The maximum atomic E-state index is 13.0. The van der Waals surface area contributed by atoms with Crippen LogP contribution in [0.25, 0.3) is 16.7 Å². The number of aryl methyl sites for hydroxylation is 2. The Morgan fingerprint density at radius 2 is 1.81 bits per heavy atom. The molecular formula is C23H25N5O2S. The van der Waals surface area contributed by atoms with Gasteiger partial charge in [0.25, 0.3) is 5.56 Å². The predicted octanol–water partition coefficient (Wildman–Crippen LogP) is 4.05. The van der Waals surface area contributed by atoms with Crippen molar-refractivity contribution in [3.05, 3.63) is 63.9 Å². The molecule has 0 aliphatic rings. The normalized spacial score (nSPS) is 11.5. The third-order valence-corrected chi connectivity index (χ3v) is 5.79. The smallest absolute Gasteiger partial charge is 0.262 e. The van der Waals surface area contributed by atoms with Crippen molar-refractivity contribution in [1.29, 1.82) is 0 Å². The maximum absolute atomic E-state index is 13.0. The summed E-state index contributed by atoms with van der Waals surface area (Å²) in [4.78, 5) is 25.6. The largest absolute Gasteiger partial charge is 0.325 e. The van der Waals surface area contributed by atoms with E-state index in [2.05, 4.69) is 35.4 Å². The molecular weight excluding hydrogens is 410 g/mol. The van der Waals surface area contributed by atoms with Crippen molar-refractivity contribution in [1.82, 2.24) is 19.2 Å². The predicted molar refractivity (Wildman–Crippen MR) is 125 cm³/mol. The van der Waals surface area contributed by atoms with Crippen molar-refractivity contribution in [2.75, 3.05) is 11.1 Å². The fraction of sp³-hybridized carbons (Fsp3) is 0.304. The van der Waals surface area contributed by atoms with Gasteiger partial charge in [0.15, 0.2) is 5.16 Å². The average molecular weight is 436 g/mol. The lowest BCUT2D eigenvalue weighted by Gasteiger charge is -2.13. The van der Waals surface area contributed by atoms with Gasteiger partial charge in [-0.05, 0) is 55.2 Å². The van der Waals surface area contributed by atoms with Gasteiger partial charge in [0.1, 0.15) is 0 Å². The Bertz CT molecular complexity index is 1320. The van der Waals surface area contributed by atoms with Gasteiger partial charge in [-0.1, -0.05) is 43.8 Å². The maximum Gasteiger partial charge on any atom is 0.262 e. The molecule has 0 saturated carbocycles. The Kier molecular flexibility index (Phi) is 5.82. The molecule has 8 heteroatoms. The molecule has 4 aromatic rings. The summed E-state index contributed by atoms with van der Waals surface area (Å²) < 4.78 is 3.54. The van der Waals surface area contributed by atoms with Crippen LogP contribution in [0.1, 0.15) is 25.0 Å². The van der Waals surface area contributed by atoms with Crippen LogP contribution in [0.2, 0.25) is 0 Å². The van der Waals surface area contributed by atoms with Crippen LogP contribution in [0.3, 0.4) is 0 Å². The molecule has 0 unspecified atom stereocenters. The lowest BCUT2D eigenvalue weighted by Crippen LogP contribution is -2.25. The van der Waals surface area contributed by atoms with Crippen molar-refractivity contribution in [2.24, 2.45) is 5.92 Å². The number of hydrogen-bond acceptors (Lipinski definition) is 5. The third kappa shape index (κ3) is 4.34. The monoisotopic (exact) mass is 435 g/mol. The number of rotatable bonds is 6. The van der Waals surface area contributed by atoms with Gasteiger partial charge in [0, 0.05) is 12.2 Å². The molecule has 0 radical (unpaired) electrons. The van der Waals surface area contributed by atoms with Gasteiger partial charge >= 0.3 is 0 Å². The highest BCUT2D eigenvalue weighted by molar-refractivity contribution is 7.99. The first-order valence-corrected chi connectivity index (χ1v) is 11.2. The Balaban J connectivity index is 1.66. The molecule has 7 nitrogen and oxygen atoms in total. The quantitative estimate of drug-likeness (QED) is 0.462. The highest BCUT2D eigenvalue weighted by atomic mass is 32.2. The number of nitrogens with zero attached hydrogens (tertiary/aromatic N) is 4. The van der Waals surface area contributed by atoms with Crippen LogP contribution in [0.15, 0.2) is 52.4 Å². The Labute approximate surface area is 184 Å². The first-order valence-electron chi connectivity index (χ1n) is 10.2. The van der Waals surface area contributed by atoms with E-state index in [1.54, 1.807) is 4.57 Å². The van der Waals surface area contributed by atoms with Gasteiger partial charge < -0.3 is 5.32 Å². The minimum Gasteiger partial charge on any atom is -0.325 e. The number of carbonyl (C=O) groups is 1. The molecule has 1 amide bonds. The molecule has 2 heterocycles. The fourth-order valence-electron chi connectivity index (χ4n) is 3.73. The van der Waals surface area contributed by atoms with Crippen molar-refractivity contribution < 1.29 is 4.79 Å². The summed E-state index contributed by atoms with van der Waals surface area (Å²) in [6.07, 6.45) is 0. The Morgan fingerprint density at radius 1 is 1.10 bits per heavy atom. The van der Waals surface area contributed by atoms with Gasteiger partial charge in [0.2, 0.25) is 11.7 Å². The van der Waals surface area contributed by atoms with Crippen LogP contribution in [0, 0.1) is 19.8 Å². The number of carbonyl (C=O) groups excluding carboxylic acids is 1. The van der Waals surface area contributed by atoms with Gasteiger partial charge in [0.05, 0.1) is 16.7 Å². The SMILES string of the molecule is Cc1cc(C)cc(NC(=O)CSc2nnc3n(CC(C)C)c(=O)c4ccccc4n23)c1. The zero-order chi connectivity index (χ0) is 22.1. The molecule has 31 heavy (non-hydrogen) atoms. The summed E-state index contributed by atoms with van der Waals surface area (Å²) in [7, 11) is 0. The molecule has 0 aliphatic heterocycles. The number of nitrogens with one attached hydrogen (secondary N) is 1. The molecule has 0 aliphatic carbocycles. The standard InChI is InChI=1S/C23H25N5O2S/c1-14(2)12-27-21(30)18-7-5-6-8-19(18)28-22(27)25-26-23(28)31-13-20(29)24-17-10-15(3)9-16(4)11-17/h5-11,14H,12-13H2,1-4H3,(H,24,29). The Morgan fingerprint density at radius 3 is 2.52 bits per heavy atom. The molecule has 160 valence electrons. The average Bonchev–Trinajstić information content (AvgIpc) is 3.12. The van der Waals surface area contributed by atoms with Gasteiger partial charge in [-0.15, -0.1) is 10.2 Å². The van der Waals surface area contributed by atoms with E-state index < -0.39 is 0 Å². The summed E-state index contributed by atoms with van der Waals surface area (Å²) >= 11 is 1.30. The number of hydrogen-bond donors (Lipinski definition) is 1. The first-order chi connectivity index (χ1) is 14.8. The van der Waals surface area contributed by atoms with Crippen molar-refractivity contribution in [2.45, 2.75) is 39.4 Å². The summed E-state index contributed by atoms with van der Waals surface area (Å²) in [5, 5.41) is 12.7. The fourth-order valence-corrected chi connectivity index (χ4v) is 4.47. The van der Waals surface area contributed by atoms with Gasteiger partial charge in [-0.25, -0.2) is 0 Å². The van der Waals surface area contributed by atoms with Crippen LogP contribution >= 0.6 is 11.8 Å². The van der Waals surface area contributed by atoms with E-state index in [-0.39, 0.29) is 23.1 Å². The van der Waals surface area contributed by atoms with Crippen molar-refractivity contribution in [3.63, 3.8) is 0 Å². The summed E-state index contributed by atoms with van der Waals surface area (Å²) in [5.74, 6) is 0.839. The molecule has 2 aromatic heterocycles. The minimum atomic E-state index is -0.119. The second-order valence-electron chi connectivity index (χ2n) is 8.16.